The standard InChI is InChI=1S/C19H22FN3O3S/c1-13-4-5-16(12-18(13)20)22-19(24)14(2)21-15-6-8-17(9-7-15)23-10-3-11-27(23,25)26/h4-9,12,14,21H,3,10-11H2,1-2H3,(H,22,24). The predicted octanol–water partition coefficient (Wildman–Crippen LogP) is 3.11. The van der Waals surface area contributed by atoms with Crippen LogP contribution in [0.15, 0.2) is 42.5 Å². The molecule has 3 rings (SSSR count). The maximum absolute atomic E-state index is 13.6. The summed E-state index contributed by atoms with van der Waals surface area (Å²) in [6.07, 6.45) is 0.624. The number of amides is 1. The molecule has 0 saturated carbocycles. The first kappa shape index (κ1) is 19.2. The monoisotopic (exact) mass is 391 g/mol. The van der Waals surface area contributed by atoms with Crippen molar-refractivity contribution in [2.75, 3.05) is 27.2 Å². The van der Waals surface area contributed by atoms with Crippen molar-refractivity contribution in [3.05, 3.63) is 53.8 Å². The predicted molar refractivity (Wildman–Crippen MR) is 105 cm³/mol. The molecule has 1 unspecified atom stereocenters. The van der Waals surface area contributed by atoms with E-state index in [1.807, 2.05) is 0 Å². The Labute approximate surface area is 158 Å². The molecule has 8 heteroatoms. The first-order chi connectivity index (χ1) is 12.8. The summed E-state index contributed by atoms with van der Waals surface area (Å²) in [5.41, 5.74) is 2.21. The molecule has 2 N–H and O–H groups in total. The summed E-state index contributed by atoms with van der Waals surface area (Å²) in [5, 5.41) is 5.72. The fraction of sp³-hybridized carbons (Fsp3) is 0.316. The molecule has 6 nitrogen and oxygen atoms in total. The van der Waals surface area contributed by atoms with Crippen LogP contribution in [0, 0.1) is 12.7 Å². The molecular formula is C19H22FN3O3S. The van der Waals surface area contributed by atoms with E-state index in [0.29, 0.717) is 35.6 Å². The second-order valence-corrected chi connectivity index (χ2v) is 8.62. The van der Waals surface area contributed by atoms with Crippen LogP contribution in [0.3, 0.4) is 0 Å². The van der Waals surface area contributed by atoms with Gasteiger partial charge in [-0.05, 0) is 62.2 Å². The fourth-order valence-corrected chi connectivity index (χ4v) is 4.45. The van der Waals surface area contributed by atoms with Crippen molar-refractivity contribution < 1.29 is 17.6 Å². The number of halogens is 1. The van der Waals surface area contributed by atoms with E-state index in [1.165, 1.54) is 10.4 Å². The van der Waals surface area contributed by atoms with Gasteiger partial charge < -0.3 is 10.6 Å². The zero-order chi connectivity index (χ0) is 19.6. The van der Waals surface area contributed by atoms with Crippen molar-refractivity contribution in [1.82, 2.24) is 0 Å². The van der Waals surface area contributed by atoms with Crippen LogP contribution in [0.25, 0.3) is 0 Å². The van der Waals surface area contributed by atoms with Gasteiger partial charge in [0.2, 0.25) is 15.9 Å². The molecule has 1 amide bonds. The molecule has 1 fully saturated rings. The van der Waals surface area contributed by atoms with Crippen LogP contribution in [-0.2, 0) is 14.8 Å². The van der Waals surface area contributed by atoms with Gasteiger partial charge in [-0.3, -0.25) is 9.10 Å². The van der Waals surface area contributed by atoms with Crippen molar-refractivity contribution >= 4 is 33.0 Å². The number of anilines is 3. The normalized spacial score (nSPS) is 16.8. The lowest BCUT2D eigenvalue weighted by molar-refractivity contribution is -0.116. The number of benzene rings is 2. The van der Waals surface area contributed by atoms with E-state index >= 15 is 0 Å². The smallest absolute Gasteiger partial charge is 0.246 e. The minimum Gasteiger partial charge on any atom is -0.374 e. The van der Waals surface area contributed by atoms with Gasteiger partial charge in [0.25, 0.3) is 0 Å². The Morgan fingerprint density at radius 2 is 1.81 bits per heavy atom. The van der Waals surface area contributed by atoms with E-state index < -0.39 is 16.1 Å². The minimum absolute atomic E-state index is 0.170. The maximum atomic E-state index is 13.6. The topological polar surface area (TPSA) is 78.5 Å². The van der Waals surface area contributed by atoms with E-state index in [2.05, 4.69) is 10.6 Å². The van der Waals surface area contributed by atoms with Gasteiger partial charge in [0, 0.05) is 17.9 Å². The molecule has 1 atom stereocenters. The highest BCUT2D eigenvalue weighted by Gasteiger charge is 2.28. The maximum Gasteiger partial charge on any atom is 0.246 e. The van der Waals surface area contributed by atoms with E-state index in [-0.39, 0.29) is 17.5 Å². The second-order valence-electron chi connectivity index (χ2n) is 6.61. The van der Waals surface area contributed by atoms with Crippen LogP contribution in [0.2, 0.25) is 0 Å². The molecular weight excluding hydrogens is 369 g/mol. The highest BCUT2D eigenvalue weighted by Crippen LogP contribution is 2.25. The van der Waals surface area contributed by atoms with Crippen molar-refractivity contribution in [2.45, 2.75) is 26.3 Å². The molecule has 0 spiro atoms. The lowest BCUT2D eigenvalue weighted by atomic mass is 10.2. The number of hydrogen-bond acceptors (Lipinski definition) is 4. The van der Waals surface area contributed by atoms with E-state index in [0.717, 1.165) is 0 Å². The molecule has 1 aliphatic rings. The van der Waals surface area contributed by atoms with Crippen LogP contribution in [0.1, 0.15) is 18.9 Å². The van der Waals surface area contributed by atoms with Gasteiger partial charge in [0.15, 0.2) is 0 Å². The number of sulfonamides is 1. The molecule has 144 valence electrons. The summed E-state index contributed by atoms with van der Waals surface area (Å²) in [6.45, 7) is 3.84. The van der Waals surface area contributed by atoms with E-state index in [1.54, 1.807) is 50.2 Å². The van der Waals surface area contributed by atoms with Gasteiger partial charge in [-0.1, -0.05) is 6.07 Å². The third kappa shape index (κ3) is 4.39. The van der Waals surface area contributed by atoms with Gasteiger partial charge in [0.05, 0.1) is 11.4 Å². The number of hydrogen-bond donors (Lipinski definition) is 2. The molecule has 1 saturated heterocycles. The lowest BCUT2D eigenvalue weighted by Gasteiger charge is -2.19. The van der Waals surface area contributed by atoms with Crippen molar-refractivity contribution in [1.29, 1.82) is 0 Å². The number of aryl methyl sites for hydroxylation is 1. The molecule has 1 heterocycles. The summed E-state index contributed by atoms with van der Waals surface area (Å²) in [4.78, 5) is 12.3. The Kier molecular flexibility index (Phi) is 5.36. The van der Waals surface area contributed by atoms with Crippen LogP contribution in [0.5, 0.6) is 0 Å². The number of rotatable bonds is 5. The summed E-state index contributed by atoms with van der Waals surface area (Å²) >= 11 is 0. The highest BCUT2D eigenvalue weighted by molar-refractivity contribution is 7.93. The van der Waals surface area contributed by atoms with Crippen LogP contribution in [0.4, 0.5) is 21.5 Å². The van der Waals surface area contributed by atoms with Crippen LogP contribution < -0.4 is 14.9 Å². The Balaban J connectivity index is 1.62. The summed E-state index contributed by atoms with van der Waals surface area (Å²) < 4.78 is 38.9. The quantitative estimate of drug-likeness (QED) is 0.821. The number of carbonyl (C=O) groups excluding carboxylic acids is 1. The van der Waals surface area contributed by atoms with Gasteiger partial charge in [0.1, 0.15) is 11.9 Å². The summed E-state index contributed by atoms with van der Waals surface area (Å²) in [6, 6.07) is 10.9. The molecule has 0 bridgehead atoms. The van der Waals surface area contributed by atoms with Gasteiger partial charge in [-0.2, -0.15) is 0 Å². The highest BCUT2D eigenvalue weighted by atomic mass is 32.2. The van der Waals surface area contributed by atoms with Crippen molar-refractivity contribution in [3.63, 3.8) is 0 Å². The SMILES string of the molecule is Cc1ccc(NC(=O)C(C)Nc2ccc(N3CCCS3(=O)=O)cc2)cc1F. The number of nitrogens with zero attached hydrogens (tertiary/aromatic N) is 1. The fourth-order valence-electron chi connectivity index (χ4n) is 2.89. The Morgan fingerprint density at radius 3 is 2.41 bits per heavy atom. The lowest BCUT2D eigenvalue weighted by Crippen LogP contribution is -2.32. The molecule has 27 heavy (non-hydrogen) atoms. The van der Waals surface area contributed by atoms with E-state index in [4.69, 9.17) is 0 Å². The number of carbonyl (C=O) groups is 1. The molecule has 0 aliphatic carbocycles. The summed E-state index contributed by atoms with van der Waals surface area (Å²) in [7, 11) is -3.21. The Bertz CT molecular complexity index is 945. The largest absolute Gasteiger partial charge is 0.374 e. The minimum atomic E-state index is -3.21. The zero-order valence-electron chi connectivity index (χ0n) is 15.2. The average molecular weight is 391 g/mol. The first-order valence-electron chi connectivity index (χ1n) is 8.70. The third-order valence-corrected chi connectivity index (χ3v) is 6.34. The third-order valence-electron chi connectivity index (χ3n) is 4.47. The average Bonchev–Trinajstić information content (AvgIpc) is 2.98. The Morgan fingerprint density at radius 1 is 1.15 bits per heavy atom. The van der Waals surface area contributed by atoms with Crippen LogP contribution in [-0.4, -0.2) is 32.7 Å². The molecule has 1 aliphatic heterocycles. The van der Waals surface area contributed by atoms with E-state index in [9.17, 15) is 17.6 Å². The first-order valence-corrected chi connectivity index (χ1v) is 10.3. The van der Waals surface area contributed by atoms with Crippen molar-refractivity contribution in [2.24, 2.45) is 0 Å². The molecule has 2 aromatic carbocycles. The number of nitrogens with one attached hydrogen (secondary N) is 2. The van der Waals surface area contributed by atoms with Crippen molar-refractivity contribution in [3.8, 4) is 0 Å². The Hall–Kier alpha value is -2.61. The molecule has 0 radical (unpaired) electrons. The molecule has 0 aromatic heterocycles. The zero-order valence-corrected chi connectivity index (χ0v) is 16.0. The molecule has 2 aromatic rings. The second kappa shape index (κ2) is 7.56. The van der Waals surface area contributed by atoms with Gasteiger partial charge >= 0.3 is 0 Å². The summed E-state index contributed by atoms with van der Waals surface area (Å²) in [5.74, 6) is -0.505. The van der Waals surface area contributed by atoms with Gasteiger partial charge in [-0.25, -0.2) is 12.8 Å². The van der Waals surface area contributed by atoms with Gasteiger partial charge in [-0.15, -0.1) is 0 Å². The van der Waals surface area contributed by atoms with Crippen LogP contribution >= 0.6 is 0 Å².